The standard InChI is InChI=1S/C27H18BrClN2O4/c28-18-7-3-17(4-8-18)27(32)34-20-10-5-16(6-11-20)26-31-23(15-22(30-31)25-2-1-13-33-25)21-14-19(29)9-12-24(21)35-26/h1-14,23,26H,15H2/t23-,26-/m1/s1. The first kappa shape index (κ1) is 21.9. The van der Waals surface area contributed by atoms with E-state index in [4.69, 9.17) is 30.6 Å². The maximum absolute atomic E-state index is 12.5. The van der Waals surface area contributed by atoms with Gasteiger partial charge >= 0.3 is 5.97 Å². The van der Waals surface area contributed by atoms with Crippen molar-refractivity contribution in [1.29, 1.82) is 0 Å². The van der Waals surface area contributed by atoms with Crippen molar-refractivity contribution in [2.75, 3.05) is 0 Å². The lowest BCUT2D eigenvalue weighted by Crippen LogP contribution is -2.33. The number of hydrogen-bond acceptors (Lipinski definition) is 6. The van der Waals surface area contributed by atoms with E-state index < -0.39 is 12.2 Å². The summed E-state index contributed by atoms with van der Waals surface area (Å²) < 4.78 is 18.4. The normalized spacial score (nSPS) is 18.3. The minimum absolute atomic E-state index is 0.0440. The molecule has 0 spiro atoms. The van der Waals surface area contributed by atoms with Crippen LogP contribution in [0, 0.1) is 0 Å². The van der Waals surface area contributed by atoms with Gasteiger partial charge in [0.05, 0.1) is 17.9 Å². The second kappa shape index (κ2) is 8.91. The van der Waals surface area contributed by atoms with Gasteiger partial charge in [-0.05, 0) is 78.9 Å². The first-order valence-electron chi connectivity index (χ1n) is 11.0. The van der Waals surface area contributed by atoms with Gasteiger partial charge in [-0.25, -0.2) is 9.80 Å². The molecule has 0 unspecified atom stereocenters. The third-order valence-corrected chi connectivity index (χ3v) is 6.78. The lowest BCUT2D eigenvalue weighted by molar-refractivity contribution is -0.0190. The topological polar surface area (TPSA) is 64.3 Å². The first-order valence-corrected chi connectivity index (χ1v) is 12.2. The molecule has 3 heterocycles. The molecular weight excluding hydrogens is 532 g/mol. The zero-order chi connectivity index (χ0) is 23.9. The minimum Gasteiger partial charge on any atom is -0.464 e. The lowest BCUT2D eigenvalue weighted by atomic mass is 9.97. The molecule has 0 bridgehead atoms. The molecule has 2 aliphatic rings. The van der Waals surface area contributed by atoms with Gasteiger partial charge in [0, 0.05) is 27.0 Å². The van der Waals surface area contributed by atoms with E-state index in [-0.39, 0.29) is 6.04 Å². The zero-order valence-electron chi connectivity index (χ0n) is 18.2. The Morgan fingerprint density at radius 2 is 1.86 bits per heavy atom. The van der Waals surface area contributed by atoms with Crippen LogP contribution in [-0.2, 0) is 0 Å². The predicted octanol–water partition coefficient (Wildman–Crippen LogP) is 7.16. The Bertz CT molecular complexity index is 1420. The molecular formula is C27H18BrClN2O4. The molecule has 0 amide bonds. The van der Waals surface area contributed by atoms with Crippen molar-refractivity contribution in [3.63, 3.8) is 0 Å². The molecule has 2 atom stereocenters. The van der Waals surface area contributed by atoms with Crippen molar-refractivity contribution < 1.29 is 18.7 Å². The van der Waals surface area contributed by atoms with Crippen LogP contribution >= 0.6 is 27.5 Å². The van der Waals surface area contributed by atoms with Crippen LogP contribution in [0.5, 0.6) is 11.5 Å². The number of fused-ring (bicyclic) bond motifs is 3. The number of ether oxygens (including phenoxy) is 2. The molecule has 0 N–H and O–H groups in total. The van der Waals surface area contributed by atoms with Gasteiger partial charge in [0.15, 0.2) is 0 Å². The molecule has 0 aliphatic carbocycles. The van der Waals surface area contributed by atoms with E-state index in [0.717, 1.165) is 32.8 Å². The first-order chi connectivity index (χ1) is 17.0. The van der Waals surface area contributed by atoms with Crippen LogP contribution in [0.4, 0.5) is 0 Å². The van der Waals surface area contributed by atoms with E-state index >= 15 is 0 Å². The molecule has 0 saturated heterocycles. The number of nitrogens with zero attached hydrogens (tertiary/aromatic N) is 2. The summed E-state index contributed by atoms with van der Waals surface area (Å²) in [5, 5.41) is 7.45. The van der Waals surface area contributed by atoms with Crippen LogP contribution in [0.15, 0.2) is 99.1 Å². The number of carbonyl (C=O) groups is 1. The van der Waals surface area contributed by atoms with E-state index in [1.54, 1.807) is 42.7 Å². The van der Waals surface area contributed by atoms with Gasteiger partial charge < -0.3 is 13.9 Å². The maximum atomic E-state index is 12.5. The van der Waals surface area contributed by atoms with Gasteiger partial charge in [0.25, 0.3) is 0 Å². The summed E-state index contributed by atoms with van der Waals surface area (Å²) in [6.07, 6.45) is 1.85. The van der Waals surface area contributed by atoms with E-state index in [1.165, 1.54) is 0 Å². The van der Waals surface area contributed by atoms with Crippen molar-refractivity contribution in [3.05, 3.63) is 117 Å². The minimum atomic E-state index is -0.461. The largest absolute Gasteiger partial charge is 0.464 e. The van der Waals surface area contributed by atoms with E-state index in [9.17, 15) is 4.79 Å². The molecule has 3 aromatic carbocycles. The predicted molar refractivity (Wildman–Crippen MR) is 135 cm³/mol. The molecule has 2 aliphatic heterocycles. The Kier molecular flexibility index (Phi) is 5.59. The van der Waals surface area contributed by atoms with Crippen LogP contribution in [0.3, 0.4) is 0 Å². The number of furan rings is 1. The highest BCUT2D eigenvalue weighted by Crippen LogP contribution is 2.48. The molecule has 6 nitrogen and oxygen atoms in total. The lowest BCUT2D eigenvalue weighted by Gasteiger charge is -2.38. The highest BCUT2D eigenvalue weighted by molar-refractivity contribution is 9.10. The number of rotatable bonds is 4. The van der Waals surface area contributed by atoms with Gasteiger partial charge in [0.1, 0.15) is 23.0 Å². The molecule has 0 fully saturated rings. The quantitative estimate of drug-likeness (QED) is 0.200. The molecule has 6 rings (SSSR count). The molecule has 1 aromatic heterocycles. The van der Waals surface area contributed by atoms with Crippen LogP contribution in [0.1, 0.15) is 45.9 Å². The van der Waals surface area contributed by atoms with Crippen molar-refractivity contribution in [2.45, 2.75) is 18.7 Å². The highest BCUT2D eigenvalue weighted by atomic mass is 79.9. The van der Waals surface area contributed by atoms with Gasteiger partial charge in [-0.1, -0.05) is 27.5 Å². The smallest absolute Gasteiger partial charge is 0.343 e. The van der Waals surface area contributed by atoms with E-state index in [0.29, 0.717) is 22.8 Å². The van der Waals surface area contributed by atoms with Crippen molar-refractivity contribution in [2.24, 2.45) is 5.10 Å². The summed E-state index contributed by atoms with van der Waals surface area (Å²) in [6, 6.07) is 23.7. The average Bonchev–Trinajstić information content (AvgIpc) is 3.55. The van der Waals surface area contributed by atoms with E-state index in [2.05, 4.69) is 15.9 Å². The third kappa shape index (κ3) is 4.22. The number of hydrazone groups is 1. The molecule has 8 heteroatoms. The van der Waals surface area contributed by atoms with Crippen LogP contribution in [0.2, 0.25) is 5.02 Å². The number of esters is 1. The van der Waals surface area contributed by atoms with Crippen LogP contribution < -0.4 is 9.47 Å². The van der Waals surface area contributed by atoms with Crippen LogP contribution in [0.25, 0.3) is 0 Å². The summed E-state index contributed by atoms with van der Waals surface area (Å²) >= 11 is 9.66. The number of carbonyl (C=O) groups excluding carboxylic acids is 1. The number of halogens is 2. The Balaban J connectivity index is 1.28. The molecule has 174 valence electrons. The Morgan fingerprint density at radius 1 is 1.06 bits per heavy atom. The SMILES string of the molecule is O=C(Oc1ccc([C@H]2Oc3ccc(Cl)cc3[C@H]3CC(c4ccco4)=NN32)cc1)c1ccc(Br)cc1. The van der Waals surface area contributed by atoms with Gasteiger partial charge in [0.2, 0.25) is 6.23 Å². The average molecular weight is 550 g/mol. The maximum Gasteiger partial charge on any atom is 0.343 e. The summed E-state index contributed by atoms with van der Waals surface area (Å²) in [4.78, 5) is 12.5. The van der Waals surface area contributed by atoms with Gasteiger partial charge in [-0.15, -0.1) is 0 Å². The van der Waals surface area contributed by atoms with Crippen LogP contribution in [-0.4, -0.2) is 16.7 Å². The molecule has 4 aromatic rings. The fourth-order valence-electron chi connectivity index (χ4n) is 4.32. The van der Waals surface area contributed by atoms with E-state index in [1.807, 2.05) is 47.5 Å². The fourth-order valence-corrected chi connectivity index (χ4v) is 4.77. The Morgan fingerprint density at radius 3 is 2.60 bits per heavy atom. The second-order valence-electron chi connectivity index (χ2n) is 8.24. The zero-order valence-corrected chi connectivity index (χ0v) is 20.6. The highest BCUT2D eigenvalue weighted by Gasteiger charge is 2.41. The monoisotopic (exact) mass is 548 g/mol. The number of hydrogen-bond donors (Lipinski definition) is 0. The summed E-state index contributed by atoms with van der Waals surface area (Å²) in [5.74, 6) is 1.53. The summed E-state index contributed by atoms with van der Waals surface area (Å²) in [5.41, 5.74) is 3.19. The number of benzene rings is 3. The van der Waals surface area contributed by atoms with Gasteiger partial charge in [-0.3, -0.25) is 0 Å². The fraction of sp³-hybridized carbons (Fsp3) is 0.111. The third-order valence-electron chi connectivity index (χ3n) is 6.01. The second-order valence-corrected chi connectivity index (χ2v) is 9.59. The molecule has 0 radical (unpaired) electrons. The van der Waals surface area contributed by atoms with Gasteiger partial charge in [-0.2, -0.15) is 5.10 Å². The molecule has 0 saturated carbocycles. The van der Waals surface area contributed by atoms with Crippen molar-refractivity contribution in [1.82, 2.24) is 5.01 Å². The molecule has 35 heavy (non-hydrogen) atoms. The van der Waals surface area contributed by atoms with Crippen molar-refractivity contribution >= 4 is 39.2 Å². The Labute approximate surface area is 214 Å². The summed E-state index contributed by atoms with van der Waals surface area (Å²) in [6.45, 7) is 0. The summed E-state index contributed by atoms with van der Waals surface area (Å²) in [7, 11) is 0. The Hall–Kier alpha value is -3.55. The van der Waals surface area contributed by atoms with Crippen molar-refractivity contribution in [3.8, 4) is 11.5 Å².